The number of ketones is 3. The molecule has 2 fully saturated rings. The Morgan fingerprint density at radius 1 is 1.02 bits per heavy atom. The molecule has 7 heteroatoms. The fraction of sp³-hybridized carbons (Fsp3) is 0.649. The fourth-order valence-corrected chi connectivity index (χ4v) is 9.55. The molecule has 0 aliphatic heterocycles. The molecule has 0 spiro atoms. The van der Waals surface area contributed by atoms with E-state index >= 15 is 0 Å². The molecular weight excluding hydrogens is 556 g/mol. The Labute approximate surface area is 261 Å². The second-order valence-electron chi connectivity index (χ2n) is 15.6. The van der Waals surface area contributed by atoms with Crippen LogP contribution in [-0.2, 0) is 27.2 Å². The van der Waals surface area contributed by atoms with Crippen molar-refractivity contribution in [2.45, 2.75) is 118 Å². The molecule has 4 aliphatic carbocycles. The van der Waals surface area contributed by atoms with Gasteiger partial charge < -0.3 is 20.4 Å². The molecule has 7 nitrogen and oxygen atoms in total. The Bertz CT molecular complexity index is 1490. The van der Waals surface area contributed by atoms with Gasteiger partial charge in [-0.2, -0.15) is 0 Å². The van der Waals surface area contributed by atoms with Gasteiger partial charge in [-0.3, -0.25) is 14.4 Å². The summed E-state index contributed by atoms with van der Waals surface area (Å²) >= 11 is 0. The van der Waals surface area contributed by atoms with Gasteiger partial charge in [0, 0.05) is 22.3 Å². The number of carbonyl (C=O) groups is 3. The number of rotatable bonds is 6. The highest BCUT2D eigenvalue weighted by Crippen LogP contribution is 2.65. The highest BCUT2D eigenvalue weighted by atomic mass is 16.3. The number of aliphatic hydroxyl groups excluding tert-OH is 2. The van der Waals surface area contributed by atoms with Crippen molar-refractivity contribution >= 4 is 23.1 Å². The van der Waals surface area contributed by atoms with Crippen molar-refractivity contribution in [2.24, 2.45) is 34.5 Å². The zero-order valence-corrected chi connectivity index (χ0v) is 27.6. The third kappa shape index (κ3) is 4.51. The number of hydrogen-bond acceptors (Lipinski definition) is 7. The Morgan fingerprint density at radius 2 is 1.64 bits per heavy atom. The van der Waals surface area contributed by atoms with Gasteiger partial charge in [0.15, 0.2) is 17.2 Å². The zero-order valence-electron chi connectivity index (χ0n) is 27.6. The van der Waals surface area contributed by atoms with Crippen molar-refractivity contribution in [1.29, 1.82) is 0 Å². The first-order chi connectivity index (χ1) is 20.4. The maximum Gasteiger partial charge on any atom is 0.203 e. The van der Waals surface area contributed by atoms with Crippen LogP contribution in [0.25, 0.3) is 5.76 Å². The molecule has 4 N–H and O–H groups in total. The van der Waals surface area contributed by atoms with E-state index in [9.17, 15) is 34.8 Å². The summed E-state index contributed by atoms with van der Waals surface area (Å²) < 4.78 is 0. The quantitative estimate of drug-likeness (QED) is 0.255. The number of fused-ring (bicyclic) bond motifs is 3. The van der Waals surface area contributed by atoms with E-state index in [0.717, 1.165) is 36.0 Å². The Kier molecular flexibility index (Phi) is 8.01. The number of carbonyl (C=O) groups excluding carboxylic acids is 3. The molecule has 1 unspecified atom stereocenters. The second kappa shape index (κ2) is 10.9. The van der Waals surface area contributed by atoms with Gasteiger partial charge in [0.25, 0.3) is 0 Å². The molecule has 1 aromatic carbocycles. The van der Waals surface area contributed by atoms with Gasteiger partial charge in [0.05, 0.1) is 5.56 Å². The standard InChI is InChI=1S/C37H50O7/c1-18(2)24-15-23(14-13-22-11-9-20(5)10-12-22)30(39)27-25(24)16-35(7)17-36(8)28(19(3)4)31(40)26(21(6)38)33(42)37(36,44)34(43)29(35)32(27)41/h15,18-20,22,28,39,41-42,44H,9-14,16-17H2,1-8H3/t20?,22?,28?,35-,36-,37+/m1/s1. The molecule has 4 aliphatic rings. The van der Waals surface area contributed by atoms with E-state index < -0.39 is 56.8 Å². The van der Waals surface area contributed by atoms with Crippen LogP contribution in [0.1, 0.15) is 122 Å². The first-order valence-corrected chi connectivity index (χ1v) is 16.5. The molecule has 4 atom stereocenters. The van der Waals surface area contributed by atoms with Crippen molar-refractivity contribution in [3.63, 3.8) is 0 Å². The monoisotopic (exact) mass is 606 g/mol. The Hall–Kier alpha value is -2.93. The van der Waals surface area contributed by atoms with Crippen LogP contribution in [0.5, 0.6) is 5.75 Å². The average Bonchev–Trinajstić information content (AvgIpc) is 2.90. The first kappa shape index (κ1) is 32.5. The maximum atomic E-state index is 14.6. The number of phenols is 1. The number of Topliss-reactive ketones (excluding diaryl/α,β-unsaturated/α-hetero) is 3. The SMILES string of the molecule is CC(=O)C1=C(O)[C@]2(O)C(=O)C3=C(O)c4c(O)c(CCC5CCC(C)CC5)cc(C(C)C)c4C[C@]3(C)C[C@]2(C)C(C(C)C)C1=O. The molecule has 240 valence electrons. The van der Waals surface area contributed by atoms with Crippen molar-refractivity contribution in [3.05, 3.63) is 45.2 Å². The van der Waals surface area contributed by atoms with Crippen LogP contribution < -0.4 is 0 Å². The first-order valence-electron chi connectivity index (χ1n) is 16.5. The van der Waals surface area contributed by atoms with Crippen LogP contribution in [0.3, 0.4) is 0 Å². The molecule has 0 aromatic heterocycles. The van der Waals surface area contributed by atoms with Gasteiger partial charge in [-0.25, -0.2) is 0 Å². The van der Waals surface area contributed by atoms with E-state index in [0.29, 0.717) is 18.8 Å². The molecule has 0 saturated heterocycles. The number of benzene rings is 1. The van der Waals surface area contributed by atoms with E-state index in [1.165, 1.54) is 25.7 Å². The molecule has 2 saturated carbocycles. The lowest BCUT2D eigenvalue weighted by atomic mass is 9.43. The van der Waals surface area contributed by atoms with E-state index in [2.05, 4.69) is 26.8 Å². The second-order valence-corrected chi connectivity index (χ2v) is 15.6. The van der Waals surface area contributed by atoms with Crippen molar-refractivity contribution in [3.8, 4) is 5.75 Å². The molecule has 0 radical (unpaired) electrons. The molecule has 0 bridgehead atoms. The number of phenolic OH excluding ortho intramolecular Hbond substituents is 1. The number of aromatic hydroxyl groups is 1. The molecule has 5 rings (SSSR count). The smallest absolute Gasteiger partial charge is 0.203 e. The highest BCUT2D eigenvalue weighted by Gasteiger charge is 2.72. The number of aryl methyl sites for hydroxylation is 1. The van der Waals surface area contributed by atoms with Gasteiger partial charge in [-0.1, -0.05) is 80.2 Å². The highest BCUT2D eigenvalue weighted by molar-refractivity contribution is 6.24. The van der Waals surface area contributed by atoms with E-state index in [-0.39, 0.29) is 35.1 Å². The Balaban J connectivity index is 1.69. The van der Waals surface area contributed by atoms with Gasteiger partial charge in [-0.15, -0.1) is 0 Å². The average molecular weight is 607 g/mol. The summed E-state index contributed by atoms with van der Waals surface area (Å²) in [4.78, 5) is 40.9. The third-order valence-corrected chi connectivity index (χ3v) is 11.7. The Morgan fingerprint density at radius 3 is 2.18 bits per heavy atom. The predicted octanol–water partition coefficient (Wildman–Crippen LogP) is 7.07. The van der Waals surface area contributed by atoms with Crippen LogP contribution in [0.15, 0.2) is 23.0 Å². The van der Waals surface area contributed by atoms with Crippen molar-refractivity contribution < 1.29 is 34.8 Å². The molecule has 1 aromatic rings. The largest absolute Gasteiger partial charge is 0.508 e. The summed E-state index contributed by atoms with van der Waals surface area (Å²) in [6, 6.07) is 2.06. The van der Waals surface area contributed by atoms with Crippen LogP contribution in [-0.4, -0.2) is 43.4 Å². The topological polar surface area (TPSA) is 132 Å². The van der Waals surface area contributed by atoms with Crippen LogP contribution in [0.4, 0.5) is 0 Å². The van der Waals surface area contributed by atoms with Gasteiger partial charge >= 0.3 is 0 Å². The van der Waals surface area contributed by atoms with Gasteiger partial charge in [-0.05, 0) is 73.0 Å². The summed E-state index contributed by atoms with van der Waals surface area (Å²) in [5.41, 5.74) is -2.95. The zero-order chi connectivity index (χ0) is 32.7. The lowest BCUT2D eigenvalue weighted by Gasteiger charge is -2.60. The summed E-state index contributed by atoms with van der Waals surface area (Å²) in [7, 11) is 0. The number of aliphatic hydroxyl groups is 3. The van der Waals surface area contributed by atoms with Crippen molar-refractivity contribution in [1.82, 2.24) is 0 Å². The van der Waals surface area contributed by atoms with E-state index in [4.69, 9.17) is 0 Å². The minimum absolute atomic E-state index is 0.0446. The minimum Gasteiger partial charge on any atom is -0.508 e. The van der Waals surface area contributed by atoms with Gasteiger partial charge in [0.2, 0.25) is 5.78 Å². The van der Waals surface area contributed by atoms with Crippen LogP contribution >= 0.6 is 0 Å². The molecule has 44 heavy (non-hydrogen) atoms. The molecule has 0 heterocycles. The fourth-order valence-electron chi connectivity index (χ4n) is 9.55. The number of allylic oxidation sites excluding steroid dienone is 1. The molecule has 0 amide bonds. The summed E-state index contributed by atoms with van der Waals surface area (Å²) in [6.07, 6.45) is 6.75. The lowest BCUT2D eigenvalue weighted by molar-refractivity contribution is -0.178. The van der Waals surface area contributed by atoms with Crippen LogP contribution in [0.2, 0.25) is 0 Å². The van der Waals surface area contributed by atoms with Gasteiger partial charge in [0.1, 0.15) is 22.8 Å². The summed E-state index contributed by atoms with van der Waals surface area (Å²) in [6.45, 7) is 14.7. The van der Waals surface area contributed by atoms with Crippen LogP contribution in [0, 0.1) is 34.5 Å². The lowest BCUT2D eigenvalue weighted by Crippen LogP contribution is -2.69. The predicted molar refractivity (Wildman–Crippen MR) is 169 cm³/mol. The van der Waals surface area contributed by atoms with Crippen molar-refractivity contribution in [2.75, 3.05) is 0 Å². The number of hydrogen-bond donors (Lipinski definition) is 4. The summed E-state index contributed by atoms with van der Waals surface area (Å²) in [5, 5.41) is 47.4. The van der Waals surface area contributed by atoms with E-state index in [1.807, 2.05) is 20.8 Å². The minimum atomic E-state index is -2.59. The third-order valence-electron chi connectivity index (χ3n) is 11.7. The molecular formula is C37H50O7. The maximum absolute atomic E-state index is 14.6. The normalized spacial score (nSPS) is 33.9. The summed E-state index contributed by atoms with van der Waals surface area (Å²) in [5.74, 6) is -3.45. The van der Waals surface area contributed by atoms with E-state index in [1.54, 1.807) is 6.92 Å².